The number of amides is 1. The molecule has 1 N–H and O–H groups in total. The number of thioether (sulfide) groups is 1. The van der Waals surface area contributed by atoms with Gasteiger partial charge < -0.3 is 5.32 Å². The average molecular weight is 275 g/mol. The van der Waals surface area contributed by atoms with Crippen molar-refractivity contribution >= 4 is 17.7 Å². The number of fused-ring (bicyclic) bond motifs is 2. The molecule has 0 radical (unpaired) electrons. The van der Waals surface area contributed by atoms with Crippen molar-refractivity contribution in [1.82, 2.24) is 5.32 Å². The Balaban J connectivity index is 2.04. The van der Waals surface area contributed by atoms with Gasteiger partial charge in [-0.1, -0.05) is 32.0 Å². The van der Waals surface area contributed by atoms with E-state index < -0.39 is 0 Å². The second kappa shape index (κ2) is 4.86. The van der Waals surface area contributed by atoms with Crippen LogP contribution in [0.5, 0.6) is 0 Å². The highest BCUT2D eigenvalue weighted by atomic mass is 32.2. The second-order valence-electron chi connectivity index (χ2n) is 6.18. The number of rotatable bonds is 2. The first kappa shape index (κ1) is 13.0. The summed E-state index contributed by atoms with van der Waals surface area (Å²) in [5.74, 6) is 1.97. The molecule has 1 saturated heterocycles. The molecule has 102 valence electrons. The molecule has 0 bridgehead atoms. The van der Waals surface area contributed by atoms with Gasteiger partial charge in [-0.2, -0.15) is 0 Å². The fourth-order valence-electron chi connectivity index (χ4n) is 3.58. The molecule has 0 saturated carbocycles. The van der Waals surface area contributed by atoms with Crippen LogP contribution in [0.1, 0.15) is 38.7 Å². The van der Waals surface area contributed by atoms with Crippen molar-refractivity contribution in [1.29, 1.82) is 0 Å². The molecule has 3 heteroatoms. The quantitative estimate of drug-likeness (QED) is 0.896. The van der Waals surface area contributed by atoms with Gasteiger partial charge in [0.05, 0.1) is 0 Å². The van der Waals surface area contributed by atoms with E-state index in [1.807, 2.05) is 11.8 Å². The summed E-state index contributed by atoms with van der Waals surface area (Å²) < 4.78 is 0. The standard InChI is InChI=1S/C16H21NOS/c1-11(2)9-14-16(10-15(18)17-14)7-8-19-13-6-4-3-5-12(13)16/h3-6,11,14H,7-10H2,1-2H3,(H,17,18). The van der Waals surface area contributed by atoms with Gasteiger partial charge in [0.1, 0.15) is 0 Å². The SMILES string of the molecule is CC(C)CC1NC(=O)CC12CCSc1ccccc12. The van der Waals surface area contributed by atoms with Gasteiger partial charge in [-0.3, -0.25) is 4.79 Å². The Hall–Kier alpha value is -0.960. The molecule has 2 nitrogen and oxygen atoms in total. The molecule has 2 heterocycles. The minimum Gasteiger partial charge on any atom is -0.352 e. The predicted octanol–water partition coefficient (Wildman–Crippen LogP) is 3.35. The van der Waals surface area contributed by atoms with Crippen LogP contribution in [0, 0.1) is 5.92 Å². The molecule has 1 amide bonds. The van der Waals surface area contributed by atoms with E-state index in [4.69, 9.17) is 0 Å². The van der Waals surface area contributed by atoms with Gasteiger partial charge in [0.25, 0.3) is 0 Å². The smallest absolute Gasteiger partial charge is 0.221 e. The highest BCUT2D eigenvalue weighted by Crippen LogP contribution is 2.49. The van der Waals surface area contributed by atoms with Crippen molar-refractivity contribution < 1.29 is 4.79 Å². The van der Waals surface area contributed by atoms with Crippen LogP contribution < -0.4 is 5.32 Å². The van der Waals surface area contributed by atoms with Crippen molar-refractivity contribution in [3.05, 3.63) is 29.8 Å². The van der Waals surface area contributed by atoms with Gasteiger partial charge in [-0.05, 0) is 36.1 Å². The zero-order valence-electron chi connectivity index (χ0n) is 11.6. The molecule has 1 fully saturated rings. The van der Waals surface area contributed by atoms with Crippen LogP contribution in [0.25, 0.3) is 0 Å². The maximum absolute atomic E-state index is 12.0. The van der Waals surface area contributed by atoms with Crippen LogP contribution in [-0.2, 0) is 10.2 Å². The Morgan fingerprint density at radius 2 is 2.21 bits per heavy atom. The molecule has 0 aromatic heterocycles. The first-order valence-corrected chi connectivity index (χ1v) is 8.12. The zero-order chi connectivity index (χ0) is 13.5. The molecular formula is C16H21NOS. The van der Waals surface area contributed by atoms with Crippen molar-refractivity contribution in [3.8, 4) is 0 Å². The third-order valence-electron chi connectivity index (χ3n) is 4.41. The lowest BCUT2D eigenvalue weighted by molar-refractivity contribution is -0.119. The van der Waals surface area contributed by atoms with Gasteiger partial charge in [0, 0.05) is 22.8 Å². The van der Waals surface area contributed by atoms with Gasteiger partial charge in [-0.25, -0.2) is 0 Å². The Labute approximate surface area is 119 Å². The molecule has 2 atom stereocenters. The normalized spacial score (nSPS) is 29.6. The minimum atomic E-state index is 0.0448. The lowest BCUT2D eigenvalue weighted by atomic mass is 9.70. The van der Waals surface area contributed by atoms with Gasteiger partial charge in [-0.15, -0.1) is 11.8 Å². The fourth-order valence-corrected chi connectivity index (χ4v) is 4.86. The molecule has 1 spiro atoms. The molecule has 1 aromatic rings. The van der Waals surface area contributed by atoms with E-state index in [0.29, 0.717) is 18.4 Å². The van der Waals surface area contributed by atoms with Crippen LogP contribution in [0.15, 0.2) is 29.2 Å². The summed E-state index contributed by atoms with van der Waals surface area (Å²) in [6.07, 6.45) is 2.86. The van der Waals surface area contributed by atoms with E-state index in [1.165, 1.54) is 10.5 Å². The number of hydrogen-bond acceptors (Lipinski definition) is 2. The molecule has 2 aliphatic rings. The Bertz CT molecular complexity index is 499. The number of carbonyl (C=O) groups is 1. The molecule has 19 heavy (non-hydrogen) atoms. The summed E-state index contributed by atoms with van der Waals surface area (Å²) in [5.41, 5.74) is 1.44. The van der Waals surface area contributed by atoms with Crippen LogP contribution in [-0.4, -0.2) is 17.7 Å². The first-order valence-electron chi connectivity index (χ1n) is 7.13. The zero-order valence-corrected chi connectivity index (χ0v) is 12.4. The van der Waals surface area contributed by atoms with Crippen molar-refractivity contribution in [3.63, 3.8) is 0 Å². The number of nitrogens with one attached hydrogen (secondary N) is 1. The molecular weight excluding hydrogens is 254 g/mol. The largest absolute Gasteiger partial charge is 0.352 e. The van der Waals surface area contributed by atoms with Crippen molar-refractivity contribution in [2.75, 3.05) is 5.75 Å². The third kappa shape index (κ3) is 2.18. The summed E-state index contributed by atoms with van der Waals surface area (Å²) in [6.45, 7) is 4.48. The van der Waals surface area contributed by atoms with E-state index in [1.54, 1.807) is 0 Å². The topological polar surface area (TPSA) is 29.1 Å². The summed E-state index contributed by atoms with van der Waals surface area (Å²) in [4.78, 5) is 13.4. The third-order valence-corrected chi connectivity index (χ3v) is 5.49. The van der Waals surface area contributed by atoms with Gasteiger partial charge in [0.15, 0.2) is 0 Å². The summed E-state index contributed by atoms with van der Waals surface area (Å²) in [7, 11) is 0. The fraction of sp³-hybridized carbons (Fsp3) is 0.562. The molecule has 3 rings (SSSR count). The van der Waals surface area contributed by atoms with E-state index in [9.17, 15) is 4.79 Å². The van der Waals surface area contributed by atoms with E-state index in [0.717, 1.165) is 18.6 Å². The summed E-state index contributed by atoms with van der Waals surface area (Å²) >= 11 is 1.93. The maximum atomic E-state index is 12.0. The highest BCUT2D eigenvalue weighted by Gasteiger charge is 2.49. The second-order valence-corrected chi connectivity index (χ2v) is 7.31. The Kier molecular flexibility index (Phi) is 3.34. The molecule has 1 aromatic carbocycles. The molecule has 2 aliphatic heterocycles. The Morgan fingerprint density at radius 3 is 3.00 bits per heavy atom. The summed E-state index contributed by atoms with van der Waals surface area (Å²) in [6, 6.07) is 8.96. The highest BCUT2D eigenvalue weighted by molar-refractivity contribution is 7.99. The summed E-state index contributed by atoms with van der Waals surface area (Å²) in [5, 5.41) is 3.24. The van der Waals surface area contributed by atoms with E-state index in [2.05, 4.69) is 43.4 Å². The van der Waals surface area contributed by atoms with Crippen LogP contribution in [0.4, 0.5) is 0 Å². The van der Waals surface area contributed by atoms with Crippen LogP contribution >= 0.6 is 11.8 Å². The lowest BCUT2D eigenvalue weighted by Crippen LogP contribution is -2.43. The average Bonchev–Trinajstić information content (AvgIpc) is 2.66. The van der Waals surface area contributed by atoms with E-state index in [-0.39, 0.29) is 11.3 Å². The number of hydrogen-bond donors (Lipinski definition) is 1. The molecule has 0 aliphatic carbocycles. The number of carbonyl (C=O) groups excluding carboxylic acids is 1. The van der Waals surface area contributed by atoms with E-state index >= 15 is 0 Å². The lowest BCUT2D eigenvalue weighted by Gasteiger charge is -2.39. The number of benzene rings is 1. The van der Waals surface area contributed by atoms with Crippen LogP contribution in [0.2, 0.25) is 0 Å². The predicted molar refractivity (Wildman–Crippen MR) is 79.5 cm³/mol. The first-order chi connectivity index (χ1) is 9.12. The van der Waals surface area contributed by atoms with Crippen molar-refractivity contribution in [2.45, 2.75) is 49.5 Å². The van der Waals surface area contributed by atoms with Gasteiger partial charge >= 0.3 is 0 Å². The van der Waals surface area contributed by atoms with Crippen molar-refractivity contribution in [2.24, 2.45) is 5.92 Å². The monoisotopic (exact) mass is 275 g/mol. The van der Waals surface area contributed by atoms with Gasteiger partial charge in [0.2, 0.25) is 5.91 Å². The minimum absolute atomic E-state index is 0.0448. The van der Waals surface area contributed by atoms with Crippen LogP contribution in [0.3, 0.4) is 0 Å². The maximum Gasteiger partial charge on any atom is 0.221 e. The molecule has 2 unspecified atom stereocenters. The Morgan fingerprint density at radius 1 is 1.42 bits per heavy atom.